The van der Waals surface area contributed by atoms with E-state index in [2.05, 4.69) is 0 Å². The number of aliphatic hydroxyl groups excluding tert-OH is 2. The van der Waals surface area contributed by atoms with Crippen LogP contribution < -0.4 is 0 Å². The van der Waals surface area contributed by atoms with Crippen molar-refractivity contribution in [2.45, 2.75) is 63.5 Å². The molecule has 27 heavy (non-hydrogen) atoms. The molecule has 2 aliphatic rings. The van der Waals surface area contributed by atoms with Gasteiger partial charge in [0.2, 0.25) is 0 Å². The molecule has 0 saturated carbocycles. The summed E-state index contributed by atoms with van der Waals surface area (Å²) in [5.41, 5.74) is -1.09. The van der Waals surface area contributed by atoms with Gasteiger partial charge in [0.05, 0.1) is 24.3 Å². The molecule has 0 radical (unpaired) electrons. The van der Waals surface area contributed by atoms with Gasteiger partial charge >= 0.3 is 0 Å². The summed E-state index contributed by atoms with van der Waals surface area (Å²) in [4.78, 5) is 29.2. The van der Waals surface area contributed by atoms with Crippen molar-refractivity contribution in [1.82, 2.24) is 9.80 Å². The van der Waals surface area contributed by atoms with Crippen molar-refractivity contribution in [3.05, 3.63) is 23.7 Å². The Morgan fingerprint density at radius 3 is 1.67 bits per heavy atom. The van der Waals surface area contributed by atoms with Crippen LogP contribution >= 0.6 is 0 Å². The van der Waals surface area contributed by atoms with Gasteiger partial charge in [-0.2, -0.15) is 0 Å². The highest BCUT2D eigenvalue weighted by atomic mass is 16.4. The van der Waals surface area contributed by atoms with Crippen LogP contribution in [0.5, 0.6) is 0 Å². The summed E-state index contributed by atoms with van der Waals surface area (Å²) < 4.78 is 5.65. The molecule has 3 rings (SSSR count). The predicted molar refractivity (Wildman–Crippen MR) is 99.5 cm³/mol. The molecule has 0 aliphatic carbocycles. The number of rotatable bonds is 6. The Bertz CT molecular complexity index is 634. The molecule has 0 bridgehead atoms. The highest BCUT2D eigenvalue weighted by Gasteiger charge is 2.44. The number of hydrogen-bond acceptors (Lipinski definition) is 5. The van der Waals surface area contributed by atoms with Gasteiger partial charge in [0.1, 0.15) is 0 Å². The molecule has 7 nitrogen and oxygen atoms in total. The van der Waals surface area contributed by atoms with Gasteiger partial charge in [-0.25, -0.2) is 0 Å². The minimum Gasteiger partial charge on any atom is -0.446 e. The third-order valence-electron chi connectivity index (χ3n) is 6.62. The zero-order chi connectivity index (χ0) is 19.7. The molecule has 7 heteroatoms. The highest BCUT2D eigenvalue weighted by molar-refractivity contribution is 5.96. The Hall–Kier alpha value is -1.86. The first kappa shape index (κ1) is 19.9. The Morgan fingerprint density at radius 2 is 1.33 bits per heavy atom. The first-order chi connectivity index (χ1) is 13.0. The average Bonchev–Trinajstić information content (AvgIpc) is 3.44. The second-order valence-electron chi connectivity index (χ2n) is 7.76. The lowest BCUT2D eigenvalue weighted by molar-refractivity contribution is 0.0341. The summed E-state index contributed by atoms with van der Waals surface area (Å²) in [6.07, 6.45) is 4.56. The average molecular weight is 378 g/mol. The van der Waals surface area contributed by atoms with E-state index in [4.69, 9.17) is 4.42 Å². The van der Waals surface area contributed by atoms with Crippen molar-refractivity contribution in [3.8, 4) is 0 Å². The van der Waals surface area contributed by atoms with E-state index in [1.807, 2.05) is 13.8 Å². The largest absolute Gasteiger partial charge is 0.446 e. The number of aliphatic hydroxyl groups is 2. The van der Waals surface area contributed by atoms with Crippen LogP contribution in [0, 0.1) is 0 Å². The molecule has 3 heterocycles. The maximum Gasteiger partial charge on any atom is 0.290 e. The monoisotopic (exact) mass is 378 g/mol. The lowest BCUT2D eigenvalue weighted by atomic mass is 9.94. The Kier molecular flexibility index (Phi) is 5.63. The number of carbonyl (C=O) groups is 2. The van der Waals surface area contributed by atoms with Crippen LogP contribution in [0.3, 0.4) is 0 Å². The molecular formula is C20H30N2O5. The van der Waals surface area contributed by atoms with Gasteiger partial charge in [-0.05, 0) is 50.7 Å². The van der Waals surface area contributed by atoms with Gasteiger partial charge in [0, 0.05) is 13.1 Å². The fourth-order valence-electron chi connectivity index (χ4n) is 4.63. The fraction of sp³-hybridized carbons (Fsp3) is 0.700. The summed E-state index contributed by atoms with van der Waals surface area (Å²) in [7, 11) is 0. The molecule has 2 fully saturated rings. The number of likely N-dealkylation sites (tertiary alicyclic amines) is 2. The number of nitrogens with zero attached hydrogens (tertiary/aromatic N) is 2. The highest BCUT2D eigenvalue weighted by Crippen LogP contribution is 2.35. The summed E-state index contributed by atoms with van der Waals surface area (Å²) in [5.74, 6) is -0.325. The first-order valence-corrected chi connectivity index (χ1v) is 9.92. The number of furan rings is 1. The summed E-state index contributed by atoms with van der Waals surface area (Å²) >= 11 is 0. The quantitative estimate of drug-likeness (QED) is 0.790. The van der Waals surface area contributed by atoms with Gasteiger partial charge < -0.3 is 24.4 Å². The second-order valence-corrected chi connectivity index (χ2v) is 7.76. The molecule has 2 amide bonds. The number of hydrogen-bond donors (Lipinski definition) is 2. The maximum atomic E-state index is 12.9. The molecule has 150 valence electrons. The van der Waals surface area contributed by atoms with E-state index < -0.39 is 11.1 Å². The van der Waals surface area contributed by atoms with Crippen molar-refractivity contribution >= 4 is 11.8 Å². The second kappa shape index (κ2) is 7.64. The van der Waals surface area contributed by atoms with E-state index in [0.29, 0.717) is 25.9 Å². The molecule has 2 atom stereocenters. The van der Waals surface area contributed by atoms with Crippen LogP contribution in [0.1, 0.15) is 73.5 Å². The normalized spacial score (nSPS) is 28.1. The van der Waals surface area contributed by atoms with E-state index in [1.54, 1.807) is 9.80 Å². The van der Waals surface area contributed by atoms with Crippen molar-refractivity contribution < 1.29 is 24.2 Å². The first-order valence-electron chi connectivity index (χ1n) is 9.92. The summed E-state index contributed by atoms with van der Waals surface area (Å²) in [6, 6.07) is 3.07. The Labute approximate surface area is 159 Å². The van der Waals surface area contributed by atoms with Crippen LogP contribution in [-0.2, 0) is 0 Å². The maximum absolute atomic E-state index is 12.9. The molecule has 0 aromatic carbocycles. The van der Waals surface area contributed by atoms with Gasteiger partial charge in [-0.15, -0.1) is 0 Å². The van der Waals surface area contributed by atoms with Crippen LogP contribution in [0.15, 0.2) is 16.5 Å². The van der Waals surface area contributed by atoms with Gasteiger partial charge in [-0.3, -0.25) is 9.59 Å². The zero-order valence-corrected chi connectivity index (χ0v) is 16.2. The third kappa shape index (κ3) is 3.17. The Morgan fingerprint density at radius 1 is 0.926 bits per heavy atom. The van der Waals surface area contributed by atoms with Crippen molar-refractivity contribution in [3.63, 3.8) is 0 Å². The Balaban J connectivity index is 1.80. The smallest absolute Gasteiger partial charge is 0.290 e. The summed E-state index contributed by atoms with van der Waals surface area (Å²) in [6.45, 7) is 4.92. The van der Waals surface area contributed by atoms with Crippen LogP contribution in [0.25, 0.3) is 0 Å². The van der Waals surface area contributed by atoms with E-state index in [0.717, 1.165) is 25.7 Å². The third-order valence-corrected chi connectivity index (χ3v) is 6.62. The topological polar surface area (TPSA) is 94.2 Å². The van der Waals surface area contributed by atoms with Crippen LogP contribution in [0.4, 0.5) is 0 Å². The van der Waals surface area contributed by atoms with Crippen molar-refractivity contribution in [2.24, 2.45) is 0 Å². The predicted octanol–water partition coefficient (Wildman–Crippen LogP) is 2.03. The molecule has 0 spiro atoms. The van der Waals surface area contributed by atoms with Gasteiger partial charge in [0.25, 0.3) is 11.8 Å². The van der Waals surface area contributed by atoms with Crippen molar-refractivity contribution in [1.29, 1.82) is 0 Å². The molecule has 1 aromatic heterocycles. The van der Waals surface area contributed by atoms with E-state index in [9.17, 15) is 19.8 Å². The van der Waals surface area contributed by atoms with E-state index in [1.165, 1.54) is 12.1 Å². The van der Waals surface area contributed by atoms with E-state index in [-0.39, 0.29) is 36.5 Å². The van der Waals surface area contributed by atoms with Gasteiger partial charge in [0.15, 0.2) is 11.5 Å². The van der Waals surface area contributed by atoms with Crippen LogP contribution in [0.2, 0.25) is 0 Å². The molecule has 1 aromatic rings. The van der Waals surface area contributed by atoms with Gasteiger partial charge in [-0.1, -0.05) is 13.8 Å². The summed E-state index contributed by atoms with van der Waals surface area (Å²) in [5, 5.41) is 19.6. The zero-order valence-electron chi connectivity index (χ0n) is 16.2. The molecule has 2 N–H and O–H groups in total. The minimum atomic E-state index is -0.544. The number of amides is 2. The van der Waals surface area contributed by atoms with Crippen molar-refractivity contribution in [2.75, 3.05) is 26.3 Å². The molecule has 2 aliphatic heterocycles. The standard InChI is InChI=1S/C20H30N2O5/c1-3-19(13-23)9-5-11-21(19)17(25)15-7-8-16(27-15)18(26)22-12-6-10-20(22,4-2)14-24/h7-8,23-24H,3-6,9-14H2,1-2H3. The molecule has 2 saturated heterocycles. The van der Waals surface area contributed by atoms with Crippen LogP contribution in [-0.4, -0.2) is 69.2 Å². The molecular weight excluding hydrogens is 348 g/mol. The van der Waals surface area contributed by atoms with E-state index >= 15 is 0 Å². The lowest BCUT2D eigenvalue weighted by Gasteiger charge is -2.36. The minimum absolute atomic E-state index is 0.0783. The lowest BCUT2D eigenvalue weighted by Crippen LogP contribution is -2.50. The molecule has 2 unspecified atom stereocenters. The SMILES string of the molecule is CCC1(CO)CCCN1C(=O)c1ccc(C(=O)N2CCCC2(CC)CO)o1. The number of carbonyl (C=O) groups excluding carboxylic acids is 2. The fourth-order valence-corrected chi connectivity index (χ4v) is 4.63.